The third-order valence-corrected chi connectivity index (χ3v) is 1.94. The minimum atomic E-state index is -0.349. The molecule has 2 heterocycles. The van der Waals surface area contributed by atoms with Crippen LogP contribution in [-0.2, 0) is 6.42 Å². The monoisotopic (exact) mass is 222 g/mol. The summed E-state index contributed by atoms with van der Waals surface area (Å²) in [5.74, 6) is 1.47. The molecule has 2 rings (SSSR count). The second kappa shape index (κ2) is 4.69. The maximum atomic E-state index is 12.6. The number of aryl methyl sites for hydroxylation is 1. The number of rotatable bonds is 4. The summed E-state index contributed by atoms with van der Waals surface area (Å²) in [5, 5.41) is 6.70. The molecule has 5 nitrogen and oxygen atoms in total. The first-order chi connectivity index (χ1) is 7.74. The standard InChI is InChI=1S/C10H11FN4O/c1-7-14-10(16-15-7)4-5-12-9-3-2-8(11)6-13-9/h2-3,6H,4-5H2,1H3,(H,12,13). The maximum Gasteiger partial charge on any atom is 0.228 e. The molecule has 0 spiro atoms. The molecule has 0 amide bonds. The summed E-state index contributed by atoms with van der Waals surface area (Å²) in [6, 6.07) is 2.93. The summed E-state index contributed by atoms with van der Waals surface area (Å²) in [5.41, 5.74) is 0. The van der Waals surface area contributed by atoms with Crippen LogP contribution in [0.5, 0.6) is 0 Å². The average Bonchev–Trinajstić information content (AvgIpc) is 2.67. The quantitative estimate of drug-likeness (QED) is 0.850. The van der Waals surface area contributed by atoms with Gasteiger partial charge in [-0.3, -0.25) is 0 Å². The molecule has 0 saturated heterocycles. The first-order valence-electron chi connectivity index (χ1n) is 4.88. The Balaban J connectivity index is 1.82. The van der Waals surface area contributed by atoms with Gasteiger partial charge in [-0.15, -0.1) is 0 Å². The van der Waals surface area contributed by atoms with Crippen LogP contribution in [0.3, 0.4) is 0 Å². The lowest BCUT2D eigenvalue weighted by atomic mass is 10.4. The second-order valence-corrected chi connectivity index (χ2v) is 3.27. The number of anilines is 1. The molecule has 0 bridgehead atoms. The smallest absolute Gasteiger partial charge is 0.228 e. The zero-order chi connectivity index (χ0) is 11.4. The fraction of sp³-hybridized carbons (Fsp3) is 0.300. The number of halogens is 1. The van der Waals surface area contributed by atoms with Gasteiger partial charge in [0.2, 0.25) is 5.89 Å². The van der Waals surface area contributed by atoms with E-state index < -0.39 is 0 Å². The molecule has 1 N–H and O–H groups in total. The predicted molar refractivity (Wildman–Crippen MR) is 55.4 cm³/mol. The van der Waals surface area contributed by atoms with E-state index in [9.17, 15) is 4.39 Å². The third kappa shape index (κ3) is 2.75. The molecular formula is C10H11FN4O. The van der Waals surface area contributed by atoms with Crippen molar-refractivity contribution in [3.8, 4) is 0 Å². The van der Waals surface area contributed by atoms with E-state index >= 15 is 0 Å². The normalized spacial score (nSPS) is 10.4. The molecule has 0 fully saturated rings. The van der Waals surface area contributed by atoms with Crippen LogP contribution in [0.4, 0.5) is 10.2 Å². The minimum Gasteiger partial charge on any atom is -0.370 e. The molecule has 0 aliphatic heterocycles. The zero-order valence-corrected chi connectivity index (χ0v) is 8.77. The number of hydrogen-bond donors (Lipinski definition) is 1. The fourth-order valence-corrected chi connectivity index (χ4v) is 1.22. The van der Waals surface area contributed by atoms with Gasteiger partial charge in [0.05, 0.1) is 6.20 Å². The molecule has 0 atom stereocenters. The lowest BCUT2D eigenvalue weighted by Crippen LogP contribution is -2.06. The molecule has 84 valence electrons. The molecule has 0 unspecified atom stereocenters. The SMILES string of the molecule is Cc1noc(CCNc2ccc(F)cn2)n1. The number of nitrogens with zero attached hydrogens (tertiary/aromatic N) is 3. The predicted octanol–water partition coefficient (Wildman–Crippen LogP) is 1.57. The Labute approximate surface area is 91.7 Å². The lowest BCUT2D eigenvalue weighted by Gasteiger charge is -2.02. The van der Waals surface area contributed by atoms with Gasteiger partial charge in [0, 0.05) is 13.0 Å². The molecule has 0 aromatic carbocycles. The van der Waals surface area contributed by atoms with Crippen LogP contribution >= 0.6 is 0 Å². The highest BCUT2D eigenvalue weighted by Gasteiger charge is 2.02. The highest BCUT2D eigenvalue weighted by atomic mass is 19.1. The van der Waals surface area contributed by atoms with E-state index in [0.717, 1.165) is 0 Å². The Morgan fingerprint density at radius 1 is 1.44 bits per heavy atom. The molecule has 2 aromatic rings. The summed E-state index contributed by atoms with van der Waals surface area (Å²) in [6.45, 7) is 2.38. The Kier molecular flexibility index (Phi) is 3.09. The first kappa shape index (κ1) is 10.5. The molecule has 16 heavy (non-hydrogen) atoms. The zero-order valence-electron chi connectivity index (χ0n) is 8.77. The fourth-order valence-electron chi connectivity index (χ4n) is 1.22. The van der Waals surface area contributed by atoms with Crippen LogP contribution in [0.15, 0.2) is 22.9 Å². The van der Waals surface area contributed by atoms with Gasteiger partial charge in [0.25, 0.3) is 0 Å². The largest absolute Gasteiger partial charge is 0.370 e. The minimum absolute atomic E-state index is 0.349. The van der Waals surface area contributed by atoms with E-state index in [1.54, 1.807) is 13.0 Å². The summed E-state index contributed by atoms with van der Waals surface area (Å²) < 4.78 is 17.5. The molecule has 6 heteroatoms. The van der Waals surface area contributed by atoms with Crippen molar-refractivity contribution in [2.75, 3.05) is 11.9 Å². The van der Waals surface area contributed by atoms with E-state index in [4.69, 9.17) is 4.52 Å². The van der Waals surface area contributed by atoms with Crippen molar-refractivity contribution in [1.82, 2.24) is 15.1 Å². The van der Waals surface area contributed by atoms with Crippen molar-refractivity contribution >= 4 is 5.82 Å². The van der Waals surface area contributed by atoms with Crippen LogP contribution in [-0.4, -0.2) is 21.7 Å². The van der Waals surface area contributed by atoms with Crippen molar-refractivity contribution in [2.45, 2.75) is 13.3 Å². The van der Waals surface area contributed by atoms with E-state index in [2.05, 4.69) is 20.4 Å². The molecular weight excluding hydrogens is 211 g/mol. The van der Waals surface area contributed by atoms with Crippen molar-refractivity contribution < 1.29 is 8.91 Å². The highest BCUT2D eigenvalue weighted by Crippen LogP contribution is 2.04. The van der Waals surface area contributed by atoms with E-state index in [1.165, 1.54) is 12.3 Å². The van der Waals surface area contributed by atoms with Crippen LogP contribution in [0.1, 0.15) is 11.7 Å². The molecule has 0 radical (unpaired) electrons. The lowest BCUT2D eigenvalue weighted by molar-refractivity contribution is 0.377. The Morgan fingerprint density at radius 2 is 2.31 bits per heavy atom. The van der Waals surface area contributed by atoms with Crippen LogP contribution < -0.4 is 5.32 Å². The van der Waals surface area contributed by atoms with Crippen molar-refractivity contribution in [3.05, 3.63) is 35.9 Å². The van der Waals surface area contributed by atoms with Crippen LogP contribution in [0.25, 0.3) is 0 Å². The number of pyridine rings is 1. The molecule has 0 saturated carbocycles. The van der Waals surface area contributed by atoms with Crippen LogP contribution in [0.2, 0.25) is 0 Å². The van der Waals surface area contributed by atoms with Gasteiger partial charge < -0.3 is 9.84 Å². The van der Waals surface area contributed by atoms with Crippen molar-refractivity contribution in [1.29, 1.82) is 0 Å². The van der Waals surface area contributed by atoms with Crippen molar-refractivity contribution in [3.63, 3.8) is 0 Å². The molecule has 2 aromatic heterocycles. The third-order valence-electron chi connectivity index (χ3n) is 1.94. The van der Waals surface area contributed by atoms with E-state index in [1.807, 2.05) is 0 Å². The maximum absolute atomic E-state index is 12.6. The Morgan fingerprint density at radius 3 is 2.94 bits per heavy atom. The Bertz CT molecular complexity index is 454. The number of aromatic nitrogens is 3. The number of hydrogen-bond acceptors (Lipinski definition) is 5. The topological polar surface area (TPSA) is 63.8 Å². The summed E-state index contributed by atoms with van der Waals surface area (Å²) in [7, 11) is 0. The number of nitrogens with one attached hydrogen (secondary N) is 1. The molecule has 0 aliphatic carbocycles. The van der Waals surface area contributed by atoms with Gasteiger partial charge in [-0.25, -0.2) is 9.37 Å². The average molecular weight is 222 g/mol. The molecule has 0 aliphatic rings. The Hall–Kier alpha value is -1.98. The van der Waals surface area contributed by atoms with Gasteiger partial charge in [0.1, 0.15) is 11.6 Å². The van der Waals surface area contributed by atoms with Gasteiger partial charge in [-0.05, 0) is 19.1 Å². The van der Waals surface area contributed by atoms with Gasteiger partial charge in [0.15, 0.2) is 5.82 Å². The summed E-state index contributed by atoms with van der Waals surface area (Å²) >= 11 is 0. The highest BCUT2D eigenvalue weighted by molar-refractivity contribution is 5.33. The van der Waals surface area contributed by atoms with E-state index in [-0.39, 0.29) is 5.82 Å². The van der Waals surface area contributed by atoms with Gasteiger partial charge >= 0.3 is 0 Å². The van der Waals surface area contributed by atoms with E-state index in [0.29, 0.717) is 30.5 Å². The van der Waals surface area contributed by atoms with Gasteiger partial charge in [-0.2, -0.15) is 4.98 Å². The van der Waals surface area contributed by atoms with Crippen molar-refractivity contribution in [2.24, 2.45) is 0 Å². The van der Waals surface area contributed by atoms with Crippen LogP contribution in [0, 0.1) is 12.7 Å². The summed E-state index contributed by atoms with van der Waals surface area (Å²) in [6.07, 6.45) is 1.78. The van der Waals surface area contributed by atoms with Gasteiger partial charge in [-0.1, -0.05) is 5.16 Å². The first-order valence-corrected chi connectivity index (χ1v) is 4.88. The summed E-state index contributed by atoms with van der Waals surface area (Å²) in [4.78, 5) is 7.92. The second-order valence-electron chi connectivity index (χ2n) is 3.27.